The monoisotopic (exact) mass is 248 g/mol. The summed E-state index contributed by atoms with van der Waals surface area (Å²) in [6, 6.07) is 1.76. The summed E-state index contributed by atoms with van der Waals surface area (Å²) in [4.78, 5) is 27.4. The Labute approximate surface area is 104 Å². The smallest absolute Gasteiger partial charge is 0.252 e. The summed E-state index contributed by atoms with van der Waals surface area (Å²) in [5.41, 5.74) is 5.95. The Kier molecular flexibility index (Phi) is 2.41. The minimum absolute atomic E-state index is 0.231. The van der Waals surface area contributed by atoms with Crippen molar-refractivity contribution in [3.8, 4) is 0 Å². The van der Waals surface area contributed by atoms with Gasteiger partial charge in [0.05, 0.1) is 11.3 Å². The van der Waals surface area contributed by atoms with Crippen molar-refractivity contribution in [1.29, 1.82) is 0 Å². The number of fused-ring (bicyclic) bond motifs is 1. The summed E-state index contributed by atoms with van der Waals surface area (Å²) in [5.74, 6) is 0.710. The molecule has 18 heavy (non-hydrogen) atoms. The van der Waals surface area contributed by atoms with Crippen LogP contribution in [0.1, 0.15) is 10.4 Å². The molecule has 1 unspecified atom stereocenters. The molecule has 3 atom stereocenters. The van der Waals surface area contributed by atoms with Crippen LogP contribution in [0.2, 0.25) is 0 Å². The minimum Gasteiger partial charge on any atom is -0.381 e. The van der Waals surface area contributed by atoms with Crippen molar-refractivity contribution < 1.29 is 4.79 Å². The topological polar surface area (TPSA) is 91.2 Å². The van der Waals surface area contributed by atoms with E-state index >= 15 is 0 Å². The molecule has 1 saturated carbocycles. The van der Waals surface area contributed by atoms with Crippen LogP contribution in [0, 0.1) is 11.8 Å². The van der Waals surface area contributed by atoms with Crippen LogP contribution in [0.4, 0.5) is 5.69 Å². The number of hydrogen-bond donors (Lipinski definition) is 3. The van der Waals surface area contributed by atoms with Crippen LogP contribution in [-0.4, -0.2) is 42.0 Å². The maximum Gasteiger partial charge on any atom is 0.252 e. The van der Waals surface area contributed by atoms with Crippen LogP contribution in [0.3, 0.4) is 0 Å². The Bertz CT molecular complexity index is 541. The summed E-state index contributed by atoms with van der Waals surface area (Å²) < 4.78 is 0. The number of nitrogens with zero attached hydrogens (tertiary/aromatic N) is 1. The molecular formula is C12H16N4O2. The van der Waals surface area contributed by atoms with Crippen molar-refractivity contribution in [1.82, 2.24) is 9.88 Å². The fraction of sp³-hybridized carbons (Fsp3) is 0.500. The van der Waals surface area contributed by atoms with E-state index in [4.69, 9.17) is 5.73 Å². The Morgan fingerprint density at radius 1 is 1.50 bits per heavy atom. The molecule has 2 heterocycles. The number of rotatable bonds is 3. The molecule has 1 aliphatic heterocycles. The van der Waals surface area contributed by atoms with Gasteiger partial charge in [0.1, 0.15) is 0 Å². The van der Waals surface area contributed by atoms with Crippen LogP contribution in [0.15, 0.2) is 17.1 Å². The normalized spacial score (nSPS) is 29.9. The van der Waals surface area contributed by atoms with Gasteiger partial charge in [0.25, 0.3) is 5.91 Å². The number of pyridine rings is 1. The van der Waals surface area contributed by atoms with E-state index in [-0.39, 0.29) is 5.56 Å². The van der Waals surface area contributed by atoms with Gasteiger partial charge in [-0.2, -0.15) is 0 Å². The van der Waals surface area contributed by atoms with Crippen LogP contribution in [0.25, 0.3) is 0 Å². The number of anilines is 1. The lowest BCUT2D eigenvalue weighted by atomic mass is 10.2. The van der Waals surface area contributed by atoms with E-state index in [0.29, 0.717) is 29.1 Å². The number of aromatic nitrogens is 1. The van der Waals surface area contributed by atoms with Gasteiger partial charge in [0, 0.05) is 31.4 Å². The second kappa shape index (κ2) is 3.84. The fourth-order valence-electron chi connectivity index (χ4n) is 2.93. The molecule has 3 rings (SSSR count). The second-order valence-electron chi connectivity index (χ2n) is 5.21. The Morgan fingerprint density at radius 3 is 2.78 bits per heavy atom. The van der Waals surface area contributed by atoms with E-state index < -0.39 is 5.91 Å². The Hall–Kier alpha value is -1.82. The molecule has 0 aromatic carbocycles. The van der Waals surface area contributed by atoms with Gasteiger partial charge < -0.3 is 20.9 Å². The number of piperidine rings is 1. The standard InChI is InChI=1S/C12H16N4O2/c1-16-4-7-8(5-16)11(7)15-9-2-10(17)14-3-6(9)12(13)18/h2-3,7-8,11H,4-5H2,1H3,(H2,13,18)(H2,14,15,17)/t7-,8+,11?. The summed E-state index contributed by atoms with van der Waals surface area (Å²) >= 11 is 0. The maximum absolute atomic E-state index is 11.3. The highest BCUT2D eigenvalue weighted by Crippen LogP contribution is 2.46. The molecule has 6 nitrogen and oxygen atoms in total. The first-order valence-corrected chi connectivity index (χ1v) is 6.04. The van der Waals surface area contributed by atoms with E-state index in [9.17, 15) is 9.59 Å². The number of aromatic amines is 1. The van der Waals surface area contributed by atoms with E-state index in [1.807, 2.05) is 0 Å². The first-order chi connectivity index (χ1) is 8.56. The Morgan fingerprint density at radius 2 is 2.17 bits per heavy atom. The summed E-state index contributed by atoms with van der Waals surface area (Å²) in [6.45, 7) is 2.13. The zero-order valence-electron chi connectivity index (χ0n) is 10.1. The number of primary amides is 1. The van der Waals surface area contributed by atoms with Crippen LogP contribution in [0.5, 0.6) is 0 Å². The van der Waals surface area contributed by atoms with Crippen LogP contribution < -0.4 is 16.6 Å². The van der Waals surface area contributed by atoms with Gasteiger partial charge in [-0.25, -0.2) is 0 Å². The van der Waals surface area contributed by atoms with E-state index in [2.05, 4.69) is 22.2 Å². The number of amides is 1. The maximum atomic E-state index is 11.3. The summed E-state index contributed by atoms with van der Waals surface area (Å²) in [5, 5.41) is 3.28. The molecule has 1 saturated heterocycles. The largest absolute Gasteiger partial charge is 0.381 e. The number of H-pyrrole nitrogens is 1. The molecule has 1 aromatic rings. The number of carbonyl (C=O) groups is 1. The predicted octanol–water partition coefficient (Wildman–Crippen LogP) is -0.554. The SMILES string of the molecule is CN1C[C@@H]2C(Nc3cc(=O)[nH]cc3C(N)=O)[C@@H]2C1. The number of nitrogens with one attached hydrogen (secondary N) is 2. The van der Waals surface area contributed by atoms with Crippen molar-refractivity contribution in [2.45, 2.75) is 6.04 Å². The first-order valence-electron chi connectivity index (χ1n) is 6.04. The van der Waals surface area contributed by atoms with E-state index in [0.717, 1.165) is 13.1 Å². The zero-order valence-corrected chi connectivity index (χ0v) is 10.1. The lowest BCUT2D eigenvalue weighted by Crippen LogP contribution is -2.26. The van der Waals surface area contributed by atoms with Gasteiger partial charge in [-0.05, 0) is 18.9 Å². The molecule has 1 aromatic heterocycles. The second-order valence-corrected chi connectivity index (χ2v) is 5.21. The van der Waals surface area contributed by atoms with Crippen molar-refractivity contribution >= 4 is 11.6 Å². The first kappa shape index (κ1) is 11.3. The van der Waals surface area contributed by atoms with Crippen molar-refractivity contribution in [2.75, 3.05) is 25.5 Å². The minimum atomic E-state index is -0.531. The molecule has 0 bridgehead atoms. The van der Waals surface area contributed by atoms with E-state index in [1.54, 1.807) is 0 Å². The number of carbonyl (C=O) groups excluding carboxylic acids is 1. The molecule has 1 amide bonds. The molecule has 0 spiro atoms. The number of nitrogens with two attached hydrogens (primary N) is 1. The fourth-order valence-corrected chi connectivity index (χ4v) is 2.93. The third kappa shape index (κ3) is 1.78. The molecule has 1 aliphatic carbocycles. The molecule has 2 aliphatic rings. The van der Waals surface area contributed by atoms with Gasteiger partial charge in [0.15, 0.2) is 0 Å². The summed E-state index contributed by atoms with van der Waals surface area (Å²) in [7, 11) is 2.10. The van der Waals surface area contributed by atoms with E-state index in [1.165, 1.54) is 12.3 Å². The molecule has 2 fully saturated rings. The average Bonchev–Trinajstić information content (AvgIpc) is 2.76. The zero-order chi connectivity index (χ0) is 12.9. The molecule has 0 radical (unpaired) electrons. The van der Waals surface area contributed by atoms with Gasteiger partial charge in [-0.1, -0.05) is 0 Å². The van der Waals surface area contributed by atoms with Gasteiger partial charge in [0.2, 0.25) is 5.56 Å². The third-order valence-corrected chi connectivity index (χ3v) is 3.89. The molecular weight excluding hydrogens is 232 g/mol. The lowest BCUT2D eigenvalue weighted by Gasteiger charge is -2.15. The summed E-state index contributed by atoms with van der Waals surface area (Å²) in [6.07, 6.45) is 1.37. The van der Waals surface area contributed by atoms with Gasteiger partial charge >= 0.3 is 0 Å². The van der Waals surface area contributed by atoms with Crippen LogP contribution >= 0.6 is 0 Å². The van der Waals surface area contributed by atoms with Crippen LogP contribution in [-0.2, 0) is 0 Å². The average molecular weight is 248 g/mol. The van der Waals surface area contributed by atoms with Gasteiger partial charge in [-0.15, -0.1) is 0 Å². The lowest BCUT2D eigenvalue weighted by molar-refractivity contribution is 0.100. The van der Waals surface area contributed by atoms with Crippen molar-refractivity contribution in [2.24, 2.45) is 17.6 Å². The van der Waals surface area contributed by atoms with Crippen molar-refractivity contribution in [3.05, 3.63) is 28.2 Å². The number of hydrogen-bond acceptors (Lipinski definition) is 4. The molecule has 6 heteroatoms. The quantitative estimate of drug-likeness (QED) is 0.669. The van der Waals surface area contributed by atoms with Gasteiger partial charge in [-0.3, -0.25) is 9.59 Å². The molecule has 96 valence electrons. The highest BCUT2D eigenvalue weighted by molar-refractivity contribution is 5.98. The molecule has 4 N–H and O–H groups in total. The third-order valence-electron chi connectivity index (χ3n) is 3.89. The highest BCUT2D eigenvalue weighted by Gasteiger charge is 2.55. The van der Waals surface area contributed by atoms with Crippen molar-refractivity contribution in [3.63, 3.8) is 0 Å². The highest BCUT2D eigenvalue weighted by atomic mass is 16.1. The number of likely N-dealkylation sites (tertiary alicyclic amines) is 1. The predicted molar refractivity (Wildman–Crippen MR) is 67.5 cm³/mol. The Balaban J connectivity index is 1.79.